The Hall–Kier alpha value is -2.58. The summed E-state index contributed by atoms with van der Waals surface area (Å²) in [6, 6.07) is 4.28. The number of hydrogen-bond donors (Lipinski definition) is 2. The Morgan fingerprint density at radius 1 is 1.19 bits per heavy atom. The summed E-state index contributed by atoms with van der Waals surface area (Å²) in [5.74, 6) is -1.93. The Kier molecular flexibility index (Phi) is 4.12. The third kappa shape index (κ3) is 3.15. The number of imide groups is 2. The van der Waals surface area contributed by atoms with Gasteiger partial charge in [-0.2, -0.15) is 0 Å². The smallest absolute Gasteiger partial charge is 0.262 e. The fourth-order valence-corrected chi connectivity index (χ4v) is 4.09. The van der Waals surface area contributed by atoms with Gasteiger partial charge in [-0.3, -0.25) is 34.3 Å². The van der Waals surface area contributed by atoms with E-state index in [1.807, 2.05) is 13.0 Å². The summed E-state index contributed by atoms with van der Waals surface area (Å²) in [7, 11) is 0. The number of benzene rings is 1. The van der Waals surface area contributed by atoms with Crippen molar-refractivity contribution in [3.8, 4) is 0 Å². The van der Waals surface area contributed by atoms with E-state index in [4.69, 9.17) is 5.73 Å². The molecule has 2 fully saturated rings. The van der Waals surface area contributed by atoms with Crippen LogP contribution in [0, 0.1) is 0 Å². The Balaban J connectivity index is 1.55. The first-order valence-electron chi connectivity index (χ1n) is 9.11. The Morgan fingerprint density at radius 3 is 2.59 bits per heavy atom. The van der Waals surface area contributed by atoms with Crippen molar-refractivity contribution in [1.82, 2.24) is 15.1 Å². The number of nitrogens with zero attached hydrogens (tertiary/aromatic N) is 2. The third-order valence-electron chi connectivity index (χ3n) is 5.49. The van der Waals surface area contributed by atoms with Crippen LogP contribution in [0.2, 0.25) is 0 Å². The number of carbonyl (C=O) groups is 4. The molecule has 2 unspecified atom stereocenters. The quantitative estimate of drug-likeness (QED) is 0.725. The number of fused-ring (bicyclic) bond motifs is 1. The van der Waals surface area contributed by atoms with Crippen molar-refractivity contribution >= 4 is 23.6 Å². The van der Waals surface area contributed by atoms with E-state index in [0.717, 1.165) is 30.0 Å². The topological polar surface area (TPSA) is 113 Å². The zero-order chi connectivity index (χ0) is 19.3. The summed E-state index contributed by atoms with van der Waals surface area (Å²) in [6.45, 7) is 4.34. The summed E-state index contributed by atoms with van der Waals surface area (Å²) in [4.78, 5) is 52.2. The second-order valence-electron chi connectivity index (χ2n) is 7.94. The molecule has 3 aliphatic heterocycles. The monoisotopic (exact) mass is 370 g/mol. The molecule has 4 rings (SSSR count). The number of nitrogens with two attached hydrogens (primary N) is 1. The molecule has 1 aromatic rings. The maximum absolute atomic E-state index is 12.8. The van der Waals surface area contributed by atoms with Gasteiger partial charge in [0.25, 0.3) is 11.8 Å². The van der Waals surface area contributed by atoms with Gasteiger partial charge < -0.3 is 5.73 Å². The highest BCUT2D eigenvalue weighted by atomic mass is 16.2. The van der Waals surface area contributed by atoms with E-state index in [0.29, 0.717) is 17.7 Å². The van der Waals surface area contributed by atoms with Crippen LogP contribution in [-0.4, -0.2) is 58.1 Å². The maximum Gasteiger partial charge on any atom is 0.262 e. The number of hydrogen-bond acceptors (Lipinski definition) is 6. The van der Waals surface area contributed by atoms with E-state index in [1.165, 1.54) is 0 Å². The van der Waals surface area contributed by atoms with Gasteiger partial charge >= 0.3 is 0 Å². The zero-order valence-corrected chi connectivity index (χ0v) is 15.2. The van der Waals surface area contributed by atoms with Crippen LogP contribution in [0.25, 0.3) is 0 Å². The van der Waals surface area contributed by atoms with E-state index in [2.05, 4.69) is 10.2 Å². The molecule has 8 nitrogen and oxygen atoms in total. The van der Waals surface area contributed by atoms with Gasteiger partial charge in [-0.15, -0.1) is 0 Å². The van der Waals surface area contributed by atoms with Crippen molar-refractivity contribution < 1.29 is 19.2 Å². The van der Waals surface area contributed by atoms with Crippen LogP contribution in [-0.2, 0) is 16.1 Å². The van der Waals surface area contributed by atoms with E-state index >= 15 is 0 Å². The number of likely N-dealkylation sites (tertiary alicyclic amines) is 1. The van der Waals surface area contributed by atoms with Gasteiger partial charge in [-0.1, -0.05) is 6.07 Å². The average Bonchev–Trinajstić information content (AvgIpc) is 3.06. The lowest BCUT2D eigenvalue weighted by molar-refractivity contribution is -0.136. The molecule has 4 amide bonds. The number of amides is 4. The van der Waals surface area contributed by atoms with Crippen molar-refractivity contribution in [3.63, 3.8) is 0 Å². The number of rotatable bonds is 3. The molecular weight excluding hydrogens is 348 g/mol. The van der Waals surface area contributed by atoms with Crippen molar-refractivity contribution in [2.75, 3.05) is 13.1 Å². The highest BCUT2D eigenvalue weighted by molar-refractivity contribution is 6.23. The summed E-state index contributed by atoms with van der Waals surface area (Å²) in [5.41, 5.74) is 7.51. The second kappa shape index (κ2) is 6.24. The first-order valence-corrected chi connectivity index (χ1v) is 9.11. The summed E-state index contributed by atoms with van der Waals surface area (Å²) in [6.07, 6.45) is 1.19. The predicted octanol–water partition coefficient (Wildman–Crippen LogP) is 0.0109. The van der Waals surface area contributed by atoms with Gasteiger partial charge in [0.1, 0.15) is 6.04 Å². The molecular formula is C19H22N4O4. The van der Waals surface area contributed by atoms with Gasteiger partial charge in [0.2, 0.25) is 11.8 Å². The standard InChI is InChI=1S/C19H22N4O4/c1-19(20)6-7-22(10-19)9-11-2-3-12-13(8-11)18(27)23(17(12)26)14-4-5-15(24)21-16(14)25/h2-3,8,14H,4-7,9-10,20H2,1H3,(H,21,24,25). The Morgan fingerprint density at radius 2 is 1.93 bits per heavy atom. The first kappa shape index (κ1) is 17.8. The molecule has 2 atom stereocenters. The lowest BCUT2D eigenvalue weighted by Gasteiger charge is -2.27. The van der Waals surface area contributed by atoms with Crippen LogP contribution in [0.5, 0.6) is 0 Å². The molecule has 3 heterocycles. The molecule has 27 heavy (non-hydrogen) atoms. The molecule has 0 bridgehead atoms. The highest BCUT2D eigenvalue weighted by Gasteiger charge is 2.44. The largest absolute Gasteiger partial charge is 0.324 e. The molecule has 2 saturated heterocycles. The van der Waals surface area contributed by atoms with Gasteiger partial charge in [-0.25, -0.2) is 0 Å². The van der Waals surface area contributed by atoms with E-state index in [1.54, 1.807) is 12.1 Å². The minimum absolute atomic E-state index is 0.113. The zero-order valence-electron chi connectivity index (χ0n) is 15.2. The highest BCUT2D eigenvalue weighted by Crippen LogP contribution is 2.29. The summed E-state index contributed by atoms with van der Waals surface area (Å²) >= 11 is 0. The van der Waals surface area contributed by atoms with Crippen molar-refractivity contribution in [3.05, 3.63) is 34.9 Å². The normalized spacial score (nSPS) is 28.7. The van der Waals surface area contributed by atoms with E-state index < -0.39 is 23.8 Å². The molecule has 1 aromatic carbocycles. The van der Waals surface area contributed by atoms with Gasteiger partial charge in [-0.05, 0) is 37.5 Å². The molecule has 0 radical (unpaired) electrons. The first-order chi connectivity index (χ1) is 12.7. The van der Waals surface area contributed by atoms with Gasteiger partial charge in [0.05, 0.1) is 11.1 Å². The van der Waals surface area contributed by atoms with Crippen LogP contribution in [0.4, 0.5) is 0 Å². The number of carbonyl (C=O) groups excluding carboxylic acids is 4. The summed E-state index contributed by atoms with van der Waals surface area (Å²) < 4.78 is 0. The van der Waals surface area contributed by atoms with Crippen LogP contribution in [0.1, 0.15) is 52.5 Å². The van der Waals surface area contributed by atoms with Gasteiger partial charge in [0, 0.05) is 31.6 Å². The van der Waals surface area contributed by atoms with E-state index in [-0.39, 0.29) is 24.3 Å². The Bertz CT molecular complexity index is 863. The second-order valence-corrected chi connectivity index (χ2v) is 7.94. The third-order valence-corrected chi connectivity index (χ3v) is 5.49. The SMILES string of the molecule is CC1(N)CCN(Cc2ccc3c(c2)C(=O)N(C2CCC(=O)NC2=O)C3=O)C1. The van der Waals surface area contributed by atoms with Crippen molar-refractivity contribution in [1.29, 1.82) is 0 Å². The molecule has 8 heteroatoms. The number of piperidine rings is 1. The molecule has 0 spiro atoms. The molecule has 142 valence electrons. The minimum atomic E-state index is -0.935. The lowest BCUT2D eigenvalue weighted by Crippen LogP contribution is -2.54. The van der Waals surface area contributed by atoms with Crippen LogP contribution in [0.3, 0.4) is 0 Å². The maximum atomic E-state index is 12.8. The number of nitrogens with one attached hydrogen (secondary N) is 1. The van der Waals surface area contributed by atoms with E-state index in [9.17, 15) is 19.2 Å². The van der Waals surface area contributed by atoms with Crippen LogP contribution in [0.15, 0.2) is 18.2 Å². The van der Waals surface area contributed by atoms with Crippen molar-refractivity contribution in [2.45, 2.75) is 44.3 Å². The predicted molar refractivity (Wildman–Crippen MR) is 95.6 cm³/mol. The average molecular weight is 370 g/mol. The van der Waals surface area contributed by atoms with Gasteiger partial charge in [0.15, 0.2) is 0 Å². The minimum Gasteiger partial charge on any atom is -0.324 e. The molecule has 3 N–H and O–H groups in total. The lowest BCUT2D eigenvalue weighted by atomic mass is 10.0. The molecule has 0 aliphatic carbocycles. The van der Waals surface area contributed by atoms with Crippen LogP contribution < -0.4 is 11.1 Å². The molecule has 0 saturated carbocycles. The summed E-state index contributed by atoms with van der Waals surface area (Å²) in [5, 5.41) is 2.20. The fraction of sp³-hybridized carbons (Fsp3) is 0.474. The fourth-order valence-electron chi connectivity index (χ4n) is 4.09. The molecule has 0 aromatic heterocycles. The Labute approximate surface area is 156 Å². The van der Waals surface area contributed by atoms with Crippen molar-refractivity contribution in [2.24, 2.45) is 5.73 Å². The molecule has 3 aliphatic rings. The van der Waals surface area contributed by atoms with Crippen LogP contribution >= 0.6 is 0 Å².